The zero-order chi connectivity index (χ0) is 18.2. The van der Waals surface area contributed by atoms with Crippen molar-refractivity contribution in [3.63, 3.8) is 0 Å². The zero-order valence-electron chi connectivity index (χ0n) is 12.0. The number of benzene rings is 1. The standard InChI is InChI=1S/C11H11I2N3O2.CH4O3S/c12-7-3-6(4-8(13)10(7)17)5-9(15)11(18)16-2-1-14;1-5(2,3)4/h3-4,9,17H,2,5,15H2,(H,16,18);1H3,(H,2,3,4). The van der Waals surface area contributed by atoms with Gasteiger partial charge in [-0.1, -0.05) is 0 Å². The summed E-state index contributed by atoms with van der Waals surface area (Å²) >= 11 is 4.05. The van der Waals surface area contributed by atoms with Crippen LogP contribution in [0.2, 0.25) is 0 Å². The van der Waals surface area contributed by atoms with E-state index in [0.717, 1.165) is 12.7 Å². The third-order valence-electron chi connectivity index (χ3n) is 2.21. The first-order valence-electron chi connectivity index (χ1n) is 5.95. The van der Waals surface area contributed by atoms with Gasteiger partial charge in [-0.25, -0.2) is 0 Å². The van der Waals surface area contributed by atoms with Gasteiger partial charge in [0.05, 0.1) is 25.5 Å². The van der Waals surface area contributed by atoms with E-state index in [4.69, 9.17) is 15.5 Å². The smallest absolute Gasteiger partial charge is 0.261 e. The normalized spacial score (nSPS) is 11.7. The molecule has 23 heavy (non-hydrogen) atoms. The summed E-state index contributed by atoms with van der Waals surface area (Å²) in [5, 5.41) is 20.4. The number of phenolic OH excluding ortho intramolecular Hbond substituents is 1. The quantitative estimate of drug-likeness (QED) is 0.237. The lowest BCUT2D eigenvalue weighted by atomic mass is 10.1. The summed E-state index contributed by atoms with van der Waals surface area (Å²) < 4.78 is 27.3. The van der Waals surface area contributed by atoms with Crippen molar-refractivity contribution in [2.75, 3.05) is 12.8 Å². The van der Waals surface area contributed by atoms with Gasteiger partial charge in [0.15, 0.2) is 0 Å². The Labute approximate surface area is 161 Å². The van der Waals surface area contributed by atoms with Gasteiger partial charge in [-0.3, -0.25) is 9.35 Å². The lowest BCUT2D eigenvalue weighted by Gasteiger charge is -2.12. The molecule has 1 aromatic rings. The van der Waals surface area contributed by atoms with E-state index in [1.165, 1.54) is 0 Å². The van der Waals surface area contributed by atoms with E-state index in [9.17, 15) is 18.3 Å². The molecule has 0 saturated heterocycles. The molecule has 128 valence electrons. The van der Waals surface area contributed by atoms with Crippen LogP contribution < -0.4 is 11.1 Å². The molecule has 1 aromatic carbocycles. The number of phenols is 1. The number of nitrogens with two attached hydrogens (primary N) is 1. The zero-order valence-corrected chi connectivity index (χ0v) is 17.1. The van der Waals surface area contributed by atoms with Gasteiger partial charge in [0.1, 0.15) is 12.3 Å². The fraction of sp³-hybridized carbons (Fsp3) is 0.333. The van der Waals surface area contributed by atoms with Gasteiger partial charge in [-0.05, 0) is 69.3 Å². The van der Waals surface area contributed by atoms with E-state index < -0.39 is 16.2 Å². The second kappa shape index (κ2) is 10.2. The molecule has 1 rings (SSSR count). The number of amides is 1. The Morgan fingerprint density at radius 3 is 2.26 bits per heavy atom. The highest BCUT2D eigenvalue weighted by molar-refractivity contribution is 14.1. The molecule has 0 saturated carbocycles. The van der Waals surface area contributed by atoms with E-state index in [1.807, 2.05) is 51.3 Å². The van der Waals surface area contributed by atoms with Crippen molar-refractivity contribution < 1.29 is 22.9 Å². The first-order chi connectivity index (χ1) is 10.5. The van der Waals surface area contributed by atoms with Crippen LogP contribution in [0.4, 0.5) is 0 Å². The van der Waals surface area contributed by atoms with Gasteiger partial charge in [0.25, 0.3) is 10.1 Å². The minimum atomic E-state index is -3.67. The summed E-state index contributed by atoms with van der Waals surface area (Å²) in [6.45, 7) is -0.0445. The molecular formula is C12H15I2N3O5S. The Kier molecular flexibility index (Phi) is 9.93. The van der Waals surface area contributed by atoms with Crippen molar-refractivity contribution >= 4 is 61.2 Å². The highest BCUT2D eigenvalue weighted by Crippen LogP contribution is 2.27. The minimum absolute atomic E-state index is 0.0445. The number of carbonyl (C=O) groups excluding carboxylic acids is 1. The lowest BCUT2D eigenvalue weighted by molar-refractivity contribution is -0.122. The van der Waals surface area contributed by atoms with Crippen molar-refractivity contribution in [1.82, 2.24) is 5.32 Å². The molecule has 1 amide bonds. The molecule has 0 aliphatic rings. The molecule has 0 aliphatic carbocycles. The predicted molar refractivity (Wildman–Crippen MR) is 101 cm³/mol. The summed E-state index contributed by atoms with van der Waals surface area (Å²) in [4.78, 5) is 11.5. The second-order valence-corrected chi connectivity index (χ2v) is 8.12. The molecule has 0 heterocycles. The monoisotopic (exact) mass is 567 g/mol. The topological polar surface area (TPSA) is 154 Å². The van der Waals surface area contributed by atoms with Crippen molar-refractivity contribution in [3.8, 4) is 11.8 Å². The highest BCUT2D eigenvalue weighted by Gasteiger charge is 2.15. The van der Waals surface area contributed by atoms with Gasteiger partial charge >= 0.3 is 0 Å². The predicted octanol–water partition coefficient (Wildman–Crippen LogP) is 0.615. The maximum atomic E-state index is 11.5. The average Bonchev–Trinajstić information content (AvgIpc) is 2.40. The van der Waals surface area contributed by atoms with Crippen LogP contribution in [-0.4, -0.2) is 42.8 Å². The fourth-order valence-corrected chi connectivity index (χ4v) is 3.24. The third kappa shape index (κ3) is 10.7. The number of halogens is 2. The summed E-state index contributed by atoms with van der Waals surface area (Å²) in [5.74, 6) is -0.114. The Balaban J connectivity index is 0.000000841. The minimum Gasteiger partial charge on any atom is -0.506 e. The van der Waals surface area contributed by atoms with E-state index in [2.05, 4.69) is 5.32 Å². The Bertz CT molecular complexity index is 672. The number of hydrogen-bond donors (Lipinski definition) is 4. The van der Waals surface area contributed by atoms with Crippen LogP contribution >= 0.6 is 45.2 Å². The summed E-state index contributed by atoms with van der Waals surface area (Å²) in [5.41, 5.74) is 6.62. The average molecular weight is 567 g/mol. The van der Waals surface area contributed by atoms with Crippen LogP contribution in [0.3, 0.4) is 0 Å². The molecule has 5 N–H and O–H groups in total. The van der Waals surface area contributed by atoms with Crippen LogP contribution in [0.5, 0.6) is 5.75 Å². The van der Waals surface area contributed by atoms with Crippen LogP contribution in [0.15, 0.2) is 12.1 Å². The number of rotatable bonds is 4. The van der Waals surface area contributed by atoms with Crippen LogP contribution in [0, 0.1) is 18.5 Å². The summed E-state index contributed by atoms with van der Waals surface area (Å²) in [6, 6.07) is 4.69. The number of carbonyl (C=O) groups is 1. The molecule has 0 spiro atoms. The Morgan fingerprint density at radius 2 is 1.87 bits per heavy atom. The molecule has 8 nitrogen and oxygen atoms in total. The van der Waals surface area contributed by atoms with Gasteiger partial charge in [0.2, 0.25) is 5.91 Å². The van der Waals surface area contributed by atoms with E-state index in [1.54, 1.807) is 12.1 Å². The number of hydrogen-bond acceptors (Lipinski definition) is 6. The Hall–Kier alpha value is -0.690. The fourth-order valence-electron chi connectivity index (χ4n) is 1.34. The first-order valence-corrected chi connectivity index (χ1v) is 9.95. The lowest BCUT2D eigenvalue weighted by Crippen LogP contribution is -2.42. The van der Waals surface area contributed by atoms with Crippen LogP contribution in [0.1, 0.15) is 5.56 Å². The Morgan fingerprint density at radius 1 is 1.43 bits per heavy atom. The molecule has 0 bridgehead atoms. The maximum absolute atomic E-state index is 11.5. The van der Waals surface area contributed by atoms with Gasteiger partial charge in [-0.2, -0.15) is 13.7 Å². The molecule has 1 atom stereocenters. The van der Waals surface area contributed by atoms with Crippen molar-refractivity contribution in [1.29, 1.82) is 5.26 Å². The molecule has 0 fully saturated rings. The molecule has 11 heteroatoms. The SMILES string of the molecule is CS(=O)(=O)O.N#CCNC(=O)C(N)Cc1cc(I)c(O)c(I)c1. The van der Waals surface area contributed by atoms with Gasteiger partial charge in [-0.15, -0.1) is 0 Å². The second-order valence-electron chi connectivity index (χ2n) is 4.33. The number of nitrogens with zero attached hydrogens (tertiary/aromatic N) is 1. The van der Waals surface area contributed by atoms with Crippen LogP contribution in [0.25, 0.3) is 0 Å². The molecular weight excluding hydrogens is 552 g/mol. The van der Waals surface area contributed by atoms with Crippen molar-refractivity contribution in [2.45, 2.75) is 12.5 Å². The maximum Gasteiger partial charge on any atom is 0.261 e. The highest BCUT2D eigenvalue weighted by atomic mass is 127. The van der Waals surface area contributed by atoms with Gasteiger partial charge < -0.3 is 16.2 Å². The largest absolute Gasteiger partial charge is 0.506 e. The molecule has 0 aliphatic heterocycles. The molecule has 1 unspecified atom stereocenters. The molecule has 0 aromatic heterocycles. The summed E-state index contributed by atoms with van der Waals surface area (Å²) in [6.07, 6.45) is 1.08. The third-order valence-corrected chi connectivity index (χ3v) is 3.86. The van der Waals surface area contributed by atoms with E-state index in [0.29, 0.717) is 12.7 Å². The number of nitrogens with one attached hydrogen (secondary N) is 1. The first kappa shape index (κ1) is 22.3. The number of aromatic hydroxyl groups is 1. The van der Waals surface area contributed by atoms with Gasteiger partial charge in [0, 0.05) is 0 Å². The van der Waals surface area contributed by atoms with Crippen molar-refractivity contribution in [3.05, 3.63) is 24.8 Å². The van der Waals surface area contributed by atoms with E-state index in [-0.39, 0.29) is 18.2 Å². The van der Waals surface area contributed by atoms with Crippen LogP contribution in [-0.2, 0) is 21.3 Å². The number of nitriles is 1. The molecule has 0 radical (unpaired) electrons. The summed E-state index contributed by atoms with van der Waals surface area (Å²) in [7, 11) is -3.67. The van der Waals surface area contributed by atoms with E-state index >= 15 is 0 Å². The van der Waals surface area contributed by atoms with Crippen molar-refractivity contribution in [2.24, 2.45) is 5.73 Å².